The Balaban J connectivity index is 1.22. The van der Waals surface area contributed by atoms with E-state index in [0.717, 1.165) is 64.6 Å². The van der Waals surface area contributed by atoms with Crippen LogP contribution in [0.2, 0.25) is 0 Å². The third kappa shape index (κ3) is 4.94. The van der Waals surface area contributed by atoms with Gasteiger partial charge in [-0.05, 0) is 75.3 Å². The summed E-state index contributed by atoms with van der Waals surface area (Å²) >= 11 is 0. The number of piperidine rings is 2. The summed E-state index contributed by atoms with van der Waals surface area (Å²) in [7, 11) is 0. The Hall–Kier alpha value is -0.840. The van der Waals surface area contributed by atoms with Crippen LogP contribution >= 0.6 is 0 Å². The van der Waals surface area contributed by atoms with Crippen molar-refractivity contribution in [2.45, 2.75) is 114 Å². The van der Waals surface area contributed by atoms with Crippen molar-refractivity contribution in [3.05, 3.63) is 0 Å². The van der Waals surface area contributed by atoms with E-state index < -0.39 is 18.3 Å². The van der Waals surface area contributed by atoms with E-state index in [2.05, 4.69) is 20.9 Å². The van der Waals surface area contributed by atoms with Gasteiger partial charge in [0.15, 0.2) is 0 Å². The van der Waals surface area contributed by atoms with Crippen LogP contribution in [0.15, 0.2) is 0 Å². The number of fused-ring (bicyclic) bond motifs is 3. The van der Waals surface area contributed by atoms with E-state index in [1.165, 1.54) is 32.2 Å². The number of amides is 1. The van der Waals surface area contributed by atoms with Crippen LogP contribution in [0.25, 0.3) is 0 Å². The van der Waals surface area contributed by atoms with E-state index in [4.69, 9.17) is 16.2 Å². The van der Waals surface area contributed by atoms with Crippen LogP contribution in [0.5, 0.6) is 0 Å². The number of alkyl halides is 1. The summed E-state index contributed by atoms with van der Waals surface area (Å²) in [5.74, 6) is -0.0790. The SMILES string of the molecule is NC(N)C(C(=O)NC1CNCCC1O[C@@H]1CN2CCC1C2)C1NCC(F)CCC2(CCCCC2)C12CCC2. The van der Waals surface area contributed by atoms with Crippen LogP contribution in [0.4, 0.5) is 4.39 Å². The predicted octanol–water partition coefficient (Wildman–Crippen LogP) is 1.62. The van der Waals surface area contributed by atoms with Crippen molar-refractivity contribution in [3.63, 3.8) is 0 Å². The minimum atomic E-state index is -0.899. The molecule has 0 aromatic carbocycles. The lowest BCUT2D eigenvalue weighted by Gasteiger charge is -2.64. The molecular formula is C29H51FN6O2. The standard InChI is InChI=1S/C29H51FN6O2/c30-20-5-12-28(8-2-1-3-9-28)29(10-4-11-29)25(34-15-20)24(26(31)32)27(37)35-21-16-33-13-6-22(21)38-23-18-36-14-7-19(23)17-36/h19-26,33-34H,1-18,31-32H2,(H,35,37)/t19?,20?,21?,22?,23-,24?,25?/m1/s1. The van der Waals surface area contributed by atoms with Crippen molar-refractivity contribution in [1.82, 2.24) is 20.9 Å². The topological polar surface area (TPSA) is 118 Å². The van der Waals surface area contributed by atoms with E-state index in [-0.39, 0.29) is 47.6 Å². The van der Waals surface area contributed by atoms with Crippen LogP contribution in [-0.2, 0) is 9.53 Å². The summed E-state index contributed by atoms with van der Waals surface area (Å²) < 4.78 is 21.7. The Labute approximate surface area is 227 Å². The summed E-state index contributed by atoms with van der Waals surface area (Å²) in [5, 5.41) is 10.4. The third-order valence-corrected chi connectivity index (χ3v) is 11.6. The van der Waals surface area contributed by atoms with E-state index >= 15 is 4.39 Å². The number of ether oxygens (including phenoxy) is 1. The van der Waals surface area contributed by atoms with E-state index in [9.17, 15) is 4.79 Å². The Morgan fingerprint density at radius 2 is 1.79 bits per heavy atom. The van der Waals surface area contributed by atoms with Crippen molar-refractivity contribution in [2.24, 2.45) is 34.1 Å². The average Bonchev–Trinajstić information content (AvgIpc) is 3.50. The molecule has 7 N–H and O–H groups in total. The Morgan fingerprint density at radius 3 is 2.45 bits per heavy atom. The fourth-order valence-corrected chi connectivity index (χ4v) is 9.49. The highest BCUT2D eigenvalue weighted by Crippen LogP contribution is 2.65. The molecule has 4 saturated heterocycles. The van der Waals surface area contributed by atoms with Gasteiger partial charge in [0.25, 0.3) is 0 Å². The molecule has 2 spiro atoms. The molecule has 216 valence electrons. The second-order valence-electron chi connectivity index (χ2n) is 13.6. The molecule has 2 saturated carbocycles. The van der Waals surface area contributed by atoms with Gasteiger partial charge in [-0.15, -0.1) is 0 Å². The zero-order chi connectivity index (χ0) is 26.3. The number of rotatable bonds is 6. The Bertz CT molecular complexity index is 834. The molecule has 0 aromatic heterocycles. The number of nitrogens with zero attached hydrogens (tertiary/aromatic N) is 1. The quantitative estimate of drug-likeness (QED) is 0.329. The summed E-state index contributed by atoms with van der Waals surface area (Å²) in [6.07, 6.45) is 11.4. The largest absolute Gasteiger partial charge is 0.371 e. The molecule has 7 unspecified atom stereocenters. The molecule has 38 heavy (non-hydrogen) atoms. The molecule has 6 aliphatic rings. The maximum absolute atomic E-state index is 15.0. The number of halogens is 1. The summed E-state index contributed by atoms with van der Waals surface area (Å²) in [6.45, 7) is 5.19. The van der Waals surface area contributed by atoms with Crippen molar-refractivity contribution in [1.29, 1.82) is 0 Å². The molecular weight excluding hydrogens is 483 g/mol. The molecule has 1 amide bonds. The molecule has 8 nitrogen and oxygen atoms in total. The highest BCUT2D eigenvalue weighted by Gasteiger charge is 2.61. The monoisotopic (exact) mass is 534 g/mol. The zero-order valence-corrected chi connectivity index (χ0v) is 23.1. The first-order chi connectivity index (χ1) is 18.4. The van der Waals surface area contributed by atoms with Gasteiger partial charge in [0, 0.05) is 38.1 Å². The lowest BCUT2D eigenvalue weighted by molar-refractivity contribution is -0.147. The molecule has 8 atom stereocenters. The maximum atomic E-state index is 15.0. The normalized spacial score (nSPS) is 41.0. The lowest BCUT2D eigenvalue weighted by atomic mass is 9.43. The van der Waals surface area contributed by atoms with Gasteiger partial charge in [-0.2, -0.15) is 0 Å². The maximum Gasteiger partial charge on any atom is 0.227 e. The second kappa shape index (κ2) is 11.2. The van der Waals surface area contributed by atoms with Crippen molar-refractivity contribution in [2.75, 3.05) is 39.3 Å². The number of nitrogens with two attached hydrogens (primary N) is 2. The summed E-state index contributed by atoms with van der Waals surface area (Å²) in [6, 6.07) is -0.322. The summed E-state index contributed by atoms with van der Waals surface area (Å²) in [4.78, 5) is 16.6. The van der Waals surface area contributed by atoms with Crippen LogP contribution < -0.4 is 27.4 Å². The molecule has 0 aromatic rings. The second-order valence-corrected chi connectivity index (χ2v) is 13.6. The van der Waals surface area contributed by atoms with E-state index in [1.807, 2.05) is 0 Å². The van der Waals surface area contributed by atoms with Crippen molar-refractivity contribution >= 4 is 5.91 Å². The van der Waals surface area contributed by atoms with Gasteiger partial charge in [-0.1, -0.05) is 25.7 Å². The smallest absolute Gasteiger partial charge is 0.227 e. The van der Waals surface area contributed by atoms with Gasteiger partial charge in [0.1, 0.15) is 6.17 Å². The number of carbonyl (C=O) groups is 1. The summed E-state index contributed by atoms with van der Waals surface area (Å²) in [5.41, 5.74) is 13.0. The molecule has 4 aliphatic heterocycles. The van der Waals surface area contributed by atoms with Gasteiger partial charge in [-0.25, -0.2) is 4.39 Å². The first kappa shape index (κ1) is 27.3. The molecule has 2 aliphatic carbocycles. The average molecular weight is 535 g/mol. The van der Waals surface area contributed by atoms with Crippen LogP contribution in [-0.4, -0.2) is 86.7 Å². The molecule has 6 rings (SSSR count). The van der Waals surface area contributed by atoms with Crippen molar-refractivity contribution in [3.8, 4) is 0 Å². The zero-order valence-electron chi connectivity index (χ0n) is 23.1. The number of carbonyl (C=O) groups excluding carboxylic acids is 1. The third-order valence-electron chi connectivity index (χ3n) is 11.6. The molecule has 6 fully saturated rings. The van der Waals surface area contributed by atoms with Crippen LogP contribution in [0.1, 0.15) is 77.0 Å². The minimum absolute atomic E-state index is 0.0109. The van der Waals surface area contributed by atoms with Gasteiger partial charge < -0.3 is 37.1 Å². The molecule has 2 bridgehead atoms. The first-order valence-corrected chi connectivity index (χ1v) is 15.7. The molecule has 4 heterocycles. The fourth-order valence-electron chi connectivity index (χ4n) is 9.49. The van der Waals surface area contributed by atoms with Gasteiger partial charge >= 0.3 is 0 Å². The number of nitrogens with one attached hydrogen (secondary N) is 3. The Kier molecular flexibility index (Phi) is 8.06. The first-order valence-electron chi connectivity index (χ1n) is 15.7. The number of hydrogen-bond donors (Lipinski definition) is 5. The van der Waals surface area contributed by atoms with Gasteiger partial charge in [-0.3, -0.25) is 4.79 Å². The van der Waals surface area contributed by atoms with E-state index in [0.29, 0.717) is 18.9 Å². The molecule has 0 radical (unpaired) electrons. The van der Waals surface area contributed by atoms with Crippen LogP contribution in [0.3, 0.4) is 0 Å². The highest BCUT2D eigenvalue weighted by atomic mass is 19.1. The van der Waals surface area contributed by atoms with Crippen LogP contribution in [0, 0.1) is 22.7 Å². The van der Waals surface area contributed by atoms with Gasteiger partial charge in [0.2, 0.25) is 5.91 Å². The lowest BCUT2D eigenvalue weighted by Crippen LogP contribution is -2.70. The fraction of sp³-hybridized carbons (Fsp3) is 0.966. The Morgan fingerprint density at radius 1 is 0.974 bits per heavy atom. The van der Waals surface area contributed by atoms with Gasteiger partial charge in [0.05, 0.1) is 30.3 Å². The van der Waals surface area contributed by atoms with Crippen molar-refractivity contribution < 1.29 is 13.9 Å². The minimum Gasteiger partial charge on any atom is -0.371 e. The van der Waals surface area contributed by atoms with E-state index in [1.54, 1.807) is 0 Å². The molecule has 9 heteroatoms. The number of hydrogen-bond acceptors (Lipinski definition) is 7. The predicted molar refractivity (Wildman–Crippen MR) is 146 cm³/mol. The highest BCUT2D eigenvalue weighted by molar-refractivity contribution is 5.80.